The third-order valence-electron chi connectivity index (χ3n) is 3.05. The Morgan fingerprint density at radius 3 is 2.00 bits per heavy atom. The van der Waals surface area contributed by atoms with Crippen molar-refractivity contribution >= 4 is 47.5 Å². The van der Waals surface area contributed by atoms with Gasteiger partial charge in [-0.05, 0) is 21.6 Å². The van der Waals surface area contributed by atoms with Gasteiger partial charge in [-0.2, -0.15) is 16.9 Å². The molecule has 151 valence electrons. The monoisotopic (exact) mass is 469 g/mol. The van der Waals surface area contributed by atoms with Crippen LogP contribution in [0.5, 0.6) is 0 Å². The van der Waals surface area contributed by atoms with E-state index in [0.29, 0.717) is 5.25 Å². The van der Waals surface area contributed by atoms with Gasteiger partial charge in [0.15, 0.2) is 0 Å². The summed E-state index contributed by atoms with van der Waals surface area (Å²) in [5, 5.41) is 2.24. The summed E-state index contributed by atoms with van der Waals surface area (Å²) in [6, 6.07) is 0. The molecule has 0 saturated carbocycles. The summed E-state index contributed by atoms with van der Waals surface area (Å²) in [7, 11) is 0. The average molecular weight is 470 g/mol. The van der Waals surface area contributed by atoms with E-state index in [0.717, 1.165) is 12.8 Å². The van der Waals surface area contributed by atoms with Gasteiger partial charge in [-0.3, -0.25) is 6.08 Å². The Morgan fingerprint density at radius 1 is 1.15 bits per heavy atom. The molecule has 0 aliphatic heterocycles. The second-order valence-corrected chi connectivity index (χ2v) is 8.22. The first-order valence-corrected chi connectivity index (χ1v) is 8.32. The minimum absolute atomic E-state index is 0. The van der Waals surface area contributed by atoms with Gasteiger partial charge >= 0.3 is 21.7 Å². The summed E-state index contributed by atoms with van der Waals surface area (Å²) in [5.41, 5.74) is 3.21. The number of hydrogen-bond donors (Lipinski definition) is 0. The molecular formula is C21H39Cl2SSiTi. The molecule has 0 spiro atoms. The van der Waals surface area contributed by atoms with Gasteiger partial charge in [-0.1, -0.05) is 48.0 Å². The van der Waals surface area contributed by atoms with Gasteiger partial charge in [0, 0.05) is 0 Å². The Balaban J connectivity index is -0.0000000801. The maximum absolute atomic E-state index is 2.99. The van der Waals surface area contributed by atoms with Crippen molar-refractivity contribution in [1.82, 2.24) is 0 Å². The molecule has 0 bridgehead atoms. The number of allylic oxidation sites excluding steroid dienone is 7. The van der Waals surface area contributed by atoms with Crippen molar-refractivity contribution in [3.63, 3.8) is 0 Å². The molecule has 0 atom stereocenters. The van der Waals surface area contributed by atoms with Crippen molar-refractivity contribution in [3.8, 4) is 0 Å². The molecule has 0 saturated heterocycles. The summed E-state index contributed by atoms with van der Waals surface area (Å²) in [5.74, 6) is 0. The van der Waals surface area contributed by atoms with Crippen molar-refractivity contribution in [2.75, 3.05) is 0 Å². The minimum Gasteiger partial charge on any atom is -0.358 e. The molecule has 0 aromatic rings. The van der Waals surface area contributed by atoms with Gasteiger partial charge < -0.3 is 14.9 Å². The van der Waals surface area contributed by atoms with E-state index in [1.165, 1.54) is 11.1 Å². The molecule has 2 aliphatic carbocycles. The Labute approximate surface area is 200 Å². The van der Waals surface area contributed by atoms with Crippen LogP contribution in [0.4, 0.5) is 0 Å². The molecule has 0 unspecified atom stereocenters. The van der Waals surface area contributed by atoms with Crippen LogP contribution in [-0.2, 0) is 21.7 Å². The fraction of sp³-hybridized carbons (Fsp3) is 0.476. The normalized spacial score (nSPS) is 13.7. The van der Waals surface area contributed by atoms with Gasteiger partial charge in [0.05, 0.1) is 0 Å². The molecular weight excluding hydrogens is 431 g/mol. The van der Waals surface area contributed by atoms with E-state index in [1.54, 1.807) is 5.25 Å². The Morgan fingerprint density at radius 2 is 1.69 bits per heavy atom. The number of rotatable bonds is 2. The van der Waals surface area contributed by atoms with E-state index in [9.17, 15) is 0 Å². The van der Waals surface area contributed by atoms with Crippen LogP contribution in [-0.4, -0.2) is 16.2 Å². The summed E-state index contributed by atoms with van der Waals surface area (Å²) in [6.45, 7) is 13.6. The minimum atomic E-state index is 0. The molecule has 0 fully saturated rings. The molecule has 5 heteroatoms. The van der Waals surface area contributed by atoms with E-state index >= 15 is 0 Å². The zero-order chi connectivity index (χ0) is 15.2. The van der Waals surface area contributed by atoms with E-state index in [4.69, 9.17) is 0 Å². The van der Waals surface area contributed by atoms with Crippen LogP contribution in [0, 0.1) is 31.6 Å². The first-order chi connectivity index (χ1) is 9.30. The zero-order valence-electron chi connectivity index (χ0n) is 18.1. The third kappa shape index (κ3) is 16.8. The maximum Gasteiger partial charge on any atom is 4.00 e. The summed E-state index contributed by atoms with van der Waals surface area (Å²) in [4.78, 5) is 0. The average Bonchev–Trinajstić information content (AvgIpc) is 2.88. The number of thioether (sulfide) groups is 1. The summed E-state index contributed by atoms with van der Waals surface area (Å²) in [6.07, 6.45) is 15.8. The second-order valence-electron chi connectivity index (χ2n) is 6.55. The van der Waals surface area contributed by atoms with E-state index in [1.807, 2.05) is 23.9 Å². The van der Waals surface area contributed by atoms with Gasteiger partial charge in [0.1, 0.15) is 0 Å². The topological polar surface area (TPSA) is 0 Å². The van der Waals surface area contributed by atoms with Crippen molar-refractivity contribution < 1.29 is 21.7 Å². The van der Waals surface area contributed by atoms with Crippen molar-refractivity contribution in [2.24, 2.45) is 5.41 Å². The predicted octanol–water partition coefficient (Wildman–Crippen LogP) is 6.85. The van der Waals surface area contributed by atoms with Gasteiger partial charge in [0.25, 0.3) is 0 Å². The first-order valence-electron chi connectivity index (χ1n) is 7.44. The van der Waals surface area contributed by atoms with Crippen LogP contribution in [0.25, 0.3) is 0 Å². The van der Waals surface area contributed by atoms with Crippen LogP contribution in [0.1, 0.15) is 54.4 Å². The molecule has 0 nitrogen and oxygen atoms in total. The largest absolute Gasteiger partial charge is 4.00 e. The zero-order valence-corrected chi connectivity index (χ0v) is 24.1. The van der Waals surface area contributed by atoms with E-state index in [-0.39, 0.29) is 77.8 Å². The Hall–Kier alpha value is 0.691. The summed E-state index contributed by atoms with van der Waals surface area (Å²) < 4.78 is 0. The quantitative estimate of drug-likeness (QED) is 0.314. The Kier molecular flexibility index (Phi) is 32.3. The number of hydrogen-bond acceptors (Lipinski definition) is 1. The SMILES string of the molecule is CC1=CC[C-](SC(C)C)C(C(C)(C)C)=C1.Cl.Cl.[C-]1=CC=CC1.[CH3-].[CH3-].[SiH3].[Ti+4]. The fourth-order valence-electron chi connectivity index (χ4n) is 2.10. The third-order valence-corrected chi connectivity index (χ3v) is 4.20. The molecule has 0 N–H and O–H groups in total. The molecule has 0 amide bonds. The maximum atomic E-state index is 2.99. The van der Waals surface area contributed by atoms with Gasteiger partial charge in [-0.25, -0.2) is 30.0 Å². The summed E-state index contributed by atoms with van der Waals surface area (Å²) >= 11 is 2.02. The van der Waals surface area contributed by atoms with E-state index < -0.39 is 0 Å². The molecule has 2 aliphatic rings. The predicted molar refractivity (Wildman–Crippen MR) is 131 cm³/mol. The molecule has 1 radical (unpaired) electrons. The smallest absolute Gasteiger partial charge is 0.358 e. The number of halogens is 2. The molecule has 0 aromatic carbocycles. The van der Waals surface area contributed by atoms with Crippen LogP contribution in [0.2, 0.25) is 0 Å². The molecule has 0 heterocycles. The standard InChI is InChI=1S/C14H23S.C5H5.2CH3.2ClH.H3Si.Ti/c1-10(2)15-13-8-7-11(3)9-12(13)14(4,5)6;1-2-4-5-3-1;;;;;;/h7,9-10H,8H2,1-6H3;1-3H,4H2;2*1H3;2*1H;1H3;/q4*-1;;;;+4. The van der Waals surface area contributed by atoms with Crippen LogP contribution in [0.3, 0.4) is 0 Å². The molecule has 26 heavy (non-hydrogen) atoms. The van der Waals surface area contributed by atoms with Crippen LogP contribution < -0.4 is 0 Å². The second kappa shape index (κ2) is 20.4. The molecule has 0 aromatic heterocycles. The Bertz CT molecular complexity index is 426. The first kappa shape index (κ1) is 41.1. The van der Waals surface area contributed by atoms with Crippen LogP contribution in [0.15, 0.2) is 41.5 Å². The fourth-order valence-corrected chi connectivity index (χ4v) is 3.34. The van der Waals surface area contributed by atoms with Crippen LogP contribution >= 0.6 is 36.6 Å². The van der Waals surface area contributed by atoms with E-state index in [2.05, 4.69) is 65.8 Å². The van der Waals surface area contributed by atoms with Crippen molar-refractivity contribution in [3.05, 3.63) is 67.7 Å². The van der Waals surface area contributed by atoms with Gasteiger partial charge in [0.2, 0.25) is 0 Å². The van der Waals surface area contributed by atoms with Crippen molar-refractivity contribution in [2.45, 2.75) is 59.6 Å². The molecule has 2 rings (SSSR count). The van der Waals surface area contributed by atoms with Crippen molar-refractivity contribution in [1.29, 1.82) is 0 Å². The van der Waals surface area contributed by atoms with Gasteiger partial charge in [-0.15, -0.1) is 42.9 Å².